The summed E-state index contributed by atoms with van der Waals surface area (Å²) in [6.07, 6.45) is -0.110. The molecule has 1 atom stereocenters. The number of rotatable bonds is 3. The Morgan fingerprint density at radius 1 is 1.47 bits per heavy atom. The molecule has 0 fully saturated rings. The van der Waals surface area contributed by atoms with E-state index in [9.17, 15) is 14.3 Å². The summed E-state index contributed by atoms with van der Waals surface area (Å²) in [6, 6.07) is 4.23. The van der Waals surface area contributed by atoms with Crippen LogP contribution >= 0.6 is 0 Å². The molecule has 1 aromatic carbocycles. The van der Waals surface area contributed by atoms with Gasteiger partial charge in [-0.15, -0.1) is 0 Å². The molecule has 15 heavy (non-hydrogen) atoms. The van der Waals surface area contributed by atoms with E-state index in [2.05, 4.69) is 0 Å². The van der Waals surface area contributed by atoms with Crippen molar-refractivity contribution in [3.8, 4) is 0 Å². The number of halogens is 1. The third-order valence-corrected chi connectivity index (χ3v) is 2.11. The summed E-state index contributed by atoms with van der Waals surface area (Å²) in [4.78, 5) is 10.7. The molecule has 4 heteroatoms. The van der Waals surface area contributed by atoms with Gasteiger partial charge in [0.2, 0.25) is 0 Å². The van der Waals surface area contributed by atoms with Crippen molar-refractivity contribution >= 4 is 5.97 Å². The quantitative estimate of drug-likeness (QED) is 0.798. The highest BCUT2D eigenvalue weighted by Crippen LogP contribution is 2.16. The average molecular weight is 212 g/mol. The minimum Gasteiger partial charge on any atom is -0.479 e. The normalized spacial score (nSPS) is 14.7. The highest BCUT2D eigenvalue weighted by Gasteiger charge is 2.30. The monoisotopic (exact) mass is 212 g/mol. The number of aryl methyl sites for hydroxylation is 1. The first-order valence-electron chi connectivity index (χ1n) is 4.53. The minimum atomic E-state index is -1.86. The van der Waals surface area contributed by atoms with E-state index in [1.54, 1.807) is 13.0 Å². The highest BCUT2D eigenvalue weighted by atomic mass is 19.1. The molecular weight excluding hydrogens is 199 g/mol. The third kappa shape index (κ3) is 3.02. The number of hydrogen-bond donors (Lipinski definition) is 2. The number of carboxylic acids is 1. The summed E-state index contributed by atoms with van der Waals surface area (Å²) < 4.78 is 13.0. The fourth-order valence-electron chi connectivity index (χ4n) is 1.39. The van der Waals surface area contributed by atoms with Gasteiger partial charge in [0.15, 0.2) is 5.60 Å². The molecule has 0 aliphatic heterocycles. The molecule has 3 nitrogen and oxygen atoms in total. The fraction of sp³-hybridized carbons (Fsp3) is 0.364. The summed E-state index contributed by atoms with van der Waals surface area (Å²) in [5.74, 6) is -1.74. The number of hydrogen-bond acceptors (Lipinski definition) is 2. The SMILES string of the molecule is Cc1cc(F)cc(CC(C)(O)C(=O)O)c1. The number of benzene rings is 1. The third-order valence-electron chi connectivity index (χ3n) is 2.11. The van der Waals surface area contributed by atoms with Crippen molar-refractivity contribution in [1.82, 2.24) is 0 Å². The van der Waals surface area contributed by atoms with Gasteiger partial charge in [-0.3, -0.25) is 0 Å². The van der Waals surface area contributed by atoms with Crippen molar-refractivity contribution in [3.63, 3.8) is 0 Å². The second kappa shape index (κ2) is 3.98. The van der Waals surface area contributed by atoms with Crippen molar-refractivity contribution in [2.45, 2.75) is 25.9 Å². The summed E-state index contributed by atoms with van der Waals surface area (Å²) in [6.45, 7) is 2.90. The number of carboxylic acid groups (broad SMARTS) is 1. The molecule has 82 valence electrons. The zero-order valence-corrected chi connectivity index (χ0v) is 8.62. The van der Waals surface area contributed by atoms with Crippen molar-refractivity contribution in [2.75, 3.05) is 0 Å². The molecule has 1 rings (SSSR count). The van der Waals surface area contributed by atoms with Crippen molar-refractivity contribution in [3.05, 3.63) is 35.1 Å². The molecule has 2 N–H and O–H groups in total. The summed E-state index contributed by atoms with van der Waals surface area (Å²) >= 11 is 0. The van der Waals surface area contributed by atoms with E-state index < -0.39 is 17.4 Å². The maximum absolute atomic E-state index is 13.0. The number of carbonyl (C=O) groups is 1. The van der Waals surface area contributed by atoms with Crippen LogP contribution in [-0.4, -0.2) is 21.8 Å². The second-order valence-electron chi connectivity index (χ2n) is 3.89. The van der Waals surface area contributed by atoms with E-state index in [4.69, 9.17) is 5.11 Å². The first-order chi connectivity index (χ1) is 6.81. The van der Waals surface area contributed by atoms with Gasteiger partial charge >= 0.3 is 5.97 Å². The zero-order valence-electron chi connectivity index (χ0n) is 8.62. The molecule has 0 aliphatic rings. The van der Waals surface area contributed by atoms with Gasteiger partial charge < -0.3 is 10.2 Å². The van der Waals surface area contributed by atoms with Crippen LogP contribution in [0.1, 0.15) is 18.1 Å². The smallest absolute Gasteiger partial charge is 0.335 e. The Hall–Kier alpha value is -1.42. The maximum Gasteiger partial charge on any atom is 0.335 e. The minimum absolute atomic E-state index is 0.110. The Morgan fingerprint density at radius 2 is 2.07 bits per heavy atom. The van der Waals surface area contributed by atoms with E-state index in [1.807, 2.05) is 0 Å². The molecule has 0 aliphatic carbocycles. The van der Waals surface area contributed by atoms with Crippen LogP contribution in [0.3, 0.4) is 0 Å². The van der Waals surface area contributed by atoms with Crippen LogP contribution in [0.25, 0.3) is 0 Å². The van der Waals surface area contributed by atoms with E-state index in [1.165, 1.54) is 19.1 Å². The van der Waals surface area contributed by atoms with Crippen molar-refractivity contribution in [1.29, 1.82) is 0 Å². The van der Waals surface area contributed by atoms with Gasteiger partial charge in [0.05, 0.1) is 0 Å². The van der Waals surface area contributed by atoms with E-state index in [0.29, 0.717) is 11.1 Å². The lowest BCUT2D eigenvalue weighted by atomic mass is 9.96. The molecule has 0 amide bonds. The second-order valence-corrected chi connectivity index (χ2v) is 3.89. The lowest BCUT2D eigenvalue weighted by molar-refractivity contribution is -0.156. The van der Waals surface area contributed by atoms with Crippen LogP contribution in [0.15, 0.2) is 18.2 Å². The summed E-state index contributed by atoms with van der Waals surface area (Å²) in [5.41, 5.74) is -0.689. The molecular formula is C11H13FO3. The Morgan fingerprint density at radius 3 is 2.53 bits per heavy atom. The molecule has 0 spiro atoms. The van der Waals surface area contributed by atoms with Crippen molar-refractivity contribution < 1.29 is 19.4 Å². The van der Waals surface area contributed by atoms with Crippen molar-refractivity contribution in [2.24, 2.45) is 0 Å². The lowest BCUT2D eigenvalue weighted by Gasteiger charge is -2.17. The number of aliphatic carboxylic acids is 1. The van der Waals surface area contributed by atoms with Gasteiger partial charge in [-0.25, -0.2) is 9.18 Å². The van der Waals surface area contributed by atoms with Crippen LogP contribution in [0, 0.1) is 12.7 Å². The average Bonchev–Trinajstić information content (AvgIpc) is 1.99. The molecule has 0 aromatic heterocycles. The summed E-state index contributed by atoms with van der Waals surface area (Å²) in [5, 5.41) is 18.2. The standard InChI is InChI=1S/C11H13FO3/c1-7-3-8(5-9(12)4-7)6-11(2,15)10(13)14/h3-5,15H,6H2,1-2H3,(H,13,14). The van der Waals surface area contributed by atoms with Gasteiger partial charge in [0, 0.05) is 6.42 Å². The van der Waals surface area contributed by atoms with Crippen LogP contribution in [-0.2, 0) is 11.2 Å². The Bertz CT molecular complexity index is 365. The van der Waals surface area contributed by atoms with Crippen LogP contribution < -0.4 is 0 Å². The zero-order chi connectivity index (χ0) is 11.6. The van der Waals surface area contributed by atoms with Gasteiger partial charge in [-0.2, -0.15) is 0 Å². The Balaban J connectivity index is 2.94. The molecule has 1 unspecified atom stereocenters. The van der Waals surface area contributed by atoms with Gasteiger partial charge in [-0.1, -0.05) is 6.07 Å². The van der Waals surface area contributed by atoms with Crippen LogP contribution in [0.2, 0.25) is 0 Å². The van der Waals surface area contributed by atoms with Gasteiger partial charge in [0.1, 0.15) is 5.82 Å². The first-order valence-corrected chi connectivity index (χ1v) is 4.53. The van der Waals surface area contributed by atoms with Crippen LogP contribution in [0.5, 0.6) is 0 Å². The molecule has 0 radical (unpaired) electrons. The first kappa shape index (κ1) is 11.7. The number of aliphatic hydroxyl groups is 1. The largest absolute Gasteiger partial charge is 0.479 e. The van der Waals surface area contributed by atoms with Gasteiger partial charge in [0.25, 0.3) is 0 Å². The molecule has 0 bridgehead atoms. The molecule has 1 aromatic rings. The topological polar surface area (TPSA) is 57.5 Å². The predicted molar refractivity (Wildman–Crippen MR) is 53.1 cm³/mol. The maximum atomic E-state index is 13.0. The van der Waals surface area contributed by atoms with Gasteiger partial charge in [-0.05, 0) is 37.1 Å². The molecule has 0 saturated heterocycles. The van der Waals surface area contributed by atoms with E-state index in [-0.39, 0.29) is 6.42 Å². The van der Waals surface area contributed by atoms with Crippen LogP contribution in [0.4, 0.5) is 4.39 Å². The highest BCUT2D eigenvalue weighted by molar-refractivity contribution is 5.76. The Labute approximate surface area is 87.2 Å². The van der Waals surface area contributed by atoms with E-state index >= 15 is 0 Å². The lowest BCUT2D eigenvalue weighted by Crippen LogP contribution is -2.37. The predicted octanol–water partition coefficient (Wildman–Crippen LogP) is 1.51. The Kier molecular flexibility index (Phi) is 3.09. The summed E-state index contributed by atoms with van der Waals surface area (Å²) in [7, 11) is 0. The van der Waals surface area contributed by atoms with E-state index in [0.717, 1.165) is 0 Å². The fourth-order valence-corrected chi connectivity index (χ4v) is 1.39. The molecule has 0 saturated carbocycles. The molecule has 0 heterocycles.